The maximum absolute atomic E-state index is 10.1. The highest BCUT2D eigenvalue weighted by Crippen LogP contribution is 1.94. The molecule has 30 heavy (non-hydrogen) atoms. The van der Waals surface area contributed by atoms with Gasteiger partial charge < -0.3 is 43.7 Å². The van der Waals surface area contributed by atoms with Crippen LogP contribution in [0.5, 0.6) is 0 Å². The largest absolute Gasteiger partial charge is 0.379 e. The monoisotopic (exact) mass is 437 g/mol. The lowest BCUT2D eigenvalue weighted by Crippen LogP contribution is -2.13. The average Bonchev–Trinajstić information content (AvgIpc) is 2.76. The molecule has 0 saturated heterocycles. The van der Waals surface area contributed by atoms with Gasteiger partial charge in [0.05, 0.1) is 72.7 Å². The lowest BCUT2D eigenvalue weighted by molar-refractivity contribution is -0.108. The fraction of sp³-hybridized carbons (Fsp3) is 0.952. The van der Waals surface area contributed by atoms with Crippen molar-refractivity contribution in [1.29, 1.82) is 0 Å². The van der Waals surface area contributed by atoms with Crippen molar-refractivity contribution >= 4 is 6.29 Å². The maximum atomic E-state index is 10.1. The Morgan fingerprint density at radius 3 is 1.07 bits per heavy atom. The molecule has 9 nitrogen and oxygen atoms in total. The number of ether oxygens (including phenoxy) is 7. The summed E-state index contributed by atoms with van der Waals surface area (Å²) in [6.07, 6.45) is 5.28. The summed E-state index contributed by atoms with van der Waals surface area (Å²) in [5.41, 5.74) is 5.31. The molecule has 0 fully saturated rings. The van der Waals surface area contributed by atoms with E-state index >= 15 is 0 Å². The molecule has 0 heterocycles. The zero-order valence-electron chi connectivity index (χ0n) is 18.6. The first-order chi connectivity index (χ1) is 14.9. The van der Waals surface area contributed by atoms with Gasteiger partial charge in [0.1, 0.15) is 6.29 Å². The molecule has 0 atom stereocenters. The number of aldehydes is 1. The van der Waals surface area contributed by atoms with Gasteiger partial charge in [-0.25, -0.2) is 0 Å². The van der Waals surface area contributed by atoms with E-state index in [1.54, 1.807) is 0 Å². The summed E-state index contributed by atoms with van der Waals surface area (Å²) in [7, 11) is 0. The third-order valence-electron chi connectivity index (χ3n) is 3.81. The Hall–Kier alpha value is -0.650. The van der Waals surface area contributed by atoms with Gasteiger partial charge in [-0.2, -0.15) is 0 Å². The van der Waals surface area contributed by atoms with Crippen LogP contribution in [0.25, 0.3) is 0 Å². The molecule has 2 N–H and O–H groups in total. The third kappa shape index (κ3) is 27.4. The van der Waals surface area contributed by atoms with Crippen LogP contribution in [0.4, 0.5) is 0 Å². The van der Waals surface area contributed by atoms with Crippen molar-refractivity contribution < 1.29 is 38.0 Å². The Balaban J connectivity index is 2.98. The highest BCUT2D eigenvalue weighted by molar-refractivity contribution is 5.48. The molecule has 0 aromatic heterocycles. The first-order valence-electron chi connectivity index (χ1n) is 11.1. The number of carbonyl (C=O) groups is 1. The summed E-state index contributed by atoms with van der Waals surface area (Å²) in [6, 6.07) is 0. The van der Waals surface area contributed by atoms with Gasteiger partial charge in [-0.1, -0.05) is 0 Å². The van der Waals surface area contributed by atoms with Crippen LogP contribution in [0.1, 0.15) is 32.1 Å². The van der Waals surface area contributed by atoms with Gasteiger partial charge in [0.2, 0.25) is 0 Å². The van der Waals surface area contributed by atoms with Gasteiger partial charge in [0, 0.05) is 32.8 Å². The average molecular weight is 438 g/mol. The summed E-state index contributed by atoms with van der Waals surface area (Å²) in [5, 5.41) is 0. The van der Waals surface area contributed by atoms with Crippen LogP contribution in [0.3, 0.4) is 0 Å². The summed E-state index contributed by atoms with van der Waals surface area (Å²) in [5.74, 6) is 0. The lowest BCUT2D eigenvalue weighted by Gasteiger charge is -2.08. The van der Waals surface area contributed by atoms with Crippen LogP contribution in [0, 0.1) is 0 Å². The number of unbranched alkanes of at least 4 members (excludes halogenated alkanes) is 3. The van der Waals surface area contributed by atoms with Crippen molar-refractivity contribution in [2.45, 2.75) is 32.1 Å². The number of hydrogen-bond acceptors (Lipinski definition) is 9. The van der Waals surface area contributed by atoms with E-state index in [1.165, 1.54) is 0 Å². The number of hydrogen-bond donors (Lipinski definition) is 1. The van der Waals surface area contributed by atoms with E-state index in [2.05, 4.69) is 0 Å². The first-order valence-corrected chi connectivity index (χ1v) is 11.1. The second-order valence-corrected chi connectivity index (χ2v) is 6.44. The van der Waals surface area contributed by atoms with E-state index in [-0.39, 0.29) is 0 Å². The Morgan fingerprint density at radius 2 is 0.733 bits per heavy atom. The minimum Gasteiger partial charge on any atom is -0.379 e. The number of rotatable bonds is 27. The highest BCUT2D eigenvalue weighted by atomic mass is 16.6. The Kier molecular flexibility index (Phi) is 27.7. The Labute approximate surface area is 181 Å². The summed E-state index contributed by atoms with van der Waals surface area (Å²) in [4.78, 5) is 10.1. The fourth-order valence-corrected chi connectivity index (χ4v) is 2.23. The predicted molar refractivity (Wildman–Crippen MR) is 114 cm³/mol. The maximum Gasteiger partial charge on any atom is 0.119 e. The second kappa shape index (κ2) is 28.4. The van der Waals surface area contributed by atoms with E-state index in [9.17, 15) is 4.79 Å². The van der Waals surface area contributed by atoms with E-state index < -0.39 is 0 Å². The Morgan fingerprint density at radius 1 is 0.433 bits per heavy atom. The van der Waals surface area contributed by atoms with E-state index in [1.807, 2.05) is 0 Å². The molecular formula is C21H43NO8. The van der Waals surface area contributed by atoms with Crippen molar-refractivity contribution in [3.63, 3.8) is 0 Å². The second-order valence-electron chi connectivity index (χ2n) is 6.44. The minimum atomic E-state index is 0.539. The van der Waals surface area contributed by atoms with Gasteiger partial charge in [0.15, 0.2) is 0 Å². The molecule has 0 radical (unpaired) electrons. The molecule has 0 amide bonds. The SMILES string of the molecule is NCCOCCOCCOCCCCOCCOCCOCCOCCCCC=O. The van der Waals surface area contributed by atoms with Crippen LogP contribution in [-0.2, 0) is 38.0 Å². The van der Waals surface area contributed by atoms with Crippen LogP contribution < -0.4 is 5.73 Å². The topological polar surface area (TPSA) is 108 Å². The normalized spacial score (nSPS) is 11.2. The van der Waals surface area contributed by atoms with Gasteiger partial charge >= 0.3 is 0 Å². The molecule has 0 aliphatic rings. The van der Waals surface area contributed by atoms with Crippen molar-refractivity contribution in [2.24, 2.45) is 5.73 Å². The van der Waals surface area contributed by atoms with Crippen molar-refractivity contribution in [1.82, 2.24) is 0 Å². The van der Waals surface area contributed by atoms with Crippen molar-refractivity contribution in [2.75, 3.05) is 99.0 Å². The van der Waals surface area contributed by atoms with Crippen LogP contribution in [-0.4, -0.2) is 105 Å². The lowest BCUT2D eigenvalue weighted by atomic mass is 10.3. The zero-order valence-corrected chi connectivity index (χ0v) is 18.6. The zero-order chi connectivity index (χ0) is 21.8. The van der Waals surface area contributed by atoms with E-state index in [0.29, 0.717) is 105 Å². The molecule has 0 unspecified atom stereocenters. The molecule has 0 aliphatic carbocycles. The van der Waals surface area contributed by atoms with Crippen LogP contribution in [0.15, 0.2) is 0 Å². The van der Waals surface area contributed by atoms with Gasteiger partial charge in [-0.05, 0) is 25.7 Å². The fourth-order valence-electron chi connectivity index (χ4n) is 2.23. The minimum absolute atomic E-state index is 0.539. The smallest absolute Gasteiger partial charge is 0.119 e. The van der Waals surface area contributed by atoms with Crippen LogP contribution >= 0.6 is 0 Å². The molecule has 180 valence electrons. The third-order valence-corrected chi connectivity index (χ3v) is 3.81. The molecule has 0 bridgehead atoms. The van der Waals surface area contributed by atoms with Gasteiger partial charge in [-0.15, -0.1) is 0 Å². The van der Waals surface area contributed by atoms with Crippen molar-refractivity contribution in [3.05, 3.63) is 0 Å². The molecular weight excluding hydrogens is 394 g/mol. The van der Waals surface area contributed by atoms with E-state index in [4.69, 9.17) is 38.9 Å². The number of nitrogens with two attached hydrogens (primary N) is 1. The van der Waals surface area contributed by atoms with Crippen molar-refractivity contribution in [3.8, 4) is 0 Å². The van der Waals surface area contributed by atoms with Gasteiger partial charge in [0.25, 0.3) is 0 Å². The first kappa shape index (κ1) is 29.4. The summed E-state index contributed by atoms with van der Waals surface area (Å²) >= 11 is 0. The quantitative estimate of drug-likeness (QED) is 0.150. The summed E-state index contributed by atoms with van der Waals surface area (Å²) < 4.78 is 37.8. The molecule has 0 aliphatic heterocycles. The highest BCUT2D eigenvalue weighted by Gasteiger charge is 1.95. The Bertz CT molecular complexity index is 323. The number of carbonyl (C=O) groups excluding carboxylic acids is 1. The standard InChI is InChI=1S/C21H43NO8/c22-6-11-27-15-19-28-17-13-25-9-4-5-10-26-14-18-30-21-20-29-16-12-24-8-3-1-2-7-23/h7H,1-6,8-22H2. The molecule has 0 saturated carbocycles. The molecule has 0 spiro atoms. The summed E-state index contributed by atoms with van der Waals surface area (Å²) in [6.45, 7) is 8.94. The predicted octanol–water partition coefficient (Wildman–Crippen LogP) is 1.21. The molecule has 0 aromatic rings. The van der Waals surface area contributed by atoms with Crippen LogP contribution in [0.2, 0.25) is 0 Å². The van der Waals surface area contributed by atoms with E-state index in [0.717, 1.165) is 32.0 Å². The molecule has 9 heteroatoms. The van der Waals surface area contributed by atoms with Gasteiger partial charge in [-0.3, -0.25) is 0 Å². The molecule has 0 aromatic carbocycles. The molecule has 0 rings (SSSR count).